The number of carbonyl (C=O) groups is 2. The summed E-state index contributed by atoms with van der Waals surface area (Å²) < 4.78 is 43.9. The molecule has 1 aliphatic heterocycles. The van der Waals surface area contributed by atoms with Gasteiger partial charge in [-0.05, 0) is 62.0 Å². The minimum Gasteiger partial charge on any atom is -0.465 e. The zero-order chi connectivity index (χ0) is 27.3. The van der Waals surface area contributed by atoms with Crippen LogP contribution in [-0.4, -0.2) is 40.0 Å². The van der Waals surface area contributed by atoms with Crippen LogP contribution in [0.1, 0.15) is 74.6 Å². The first-order chi connectivity index (χ1) is 18.1. The average Bonchev–Trinajstić information content (AvgIpc) is 2.85. The Morgan fingerprint density at radius 1 is 1.18 bits per heavy atom. The summed E-state index contributed by atoms with van der Waals surface area (Å²) >= 11 is 0. The van der Waals surface area contributed by atoms with Crippen molar-refractivity contribution < 1.29 is 27.5 Å². The summed E-state index contributed by atoms with van der Waals surface area (Å²) in [4.78, 5) is 36.8. The largest absolute Gasteiger partial charge is 0.465 e. The summed E-state index contributed by atoms with van der Waals surface area (Å²) in [6.45, 7) is 4.93. The molecule has 1 fully saturated rings. The molecule has 0 bridgehead atoms. The molecule has 4 rings (SSSR count). The molecule has 0 aromatic carbocycles. The van der Waals surface area contributed by atoms with Gasteiger partial charge in [-0.1, -0.05) is 19.9 Å². The minimum absolute atomic E-state index is 0.126. The van der Waals surface area contributed by atoms with E-state index < -0.39 is 24.0 Å². The number of anilines is 1. The molecule has 0 radical (unpaired) electrons. The van der Waals surface area contributed by atoms with E-state index in [0.717, 1.165) is 56.1 Å². The Balaban J connectivity index is 1.31. The normalized spacial score (nSPS) is 19.6. The van der Waals surface area contributed by atoms with Crippen LogP contribution in [0.15, 0.2) is 24.5 Å². The maximum absolute atomic E-state index is 13.0. The predicted molar refractivity (Wildman–Crippen MR) is 134 cm³/mol. The standard InChI is InChI=1S/C27H34F3N5O3/c1-16(2)15-38-23(36)12-22(20-13-32-26(33-14-20)27(28,29)30)35-25(37)19-10-17(11-19)5-7-21-8-6-18-4-3-9-31-24(18)34-21/h6,8,13-14,16-17,19,22H,3-5,7,9-12,15H2,1-2H3,(H,31,34)(H,35,37). The van der Waals surface area contributed by atoms with Crippen LogP contribution in [0.4, 0.5) is 19.0 Å². The van der Waals surface area contributed by atoms with Gasteiger partial charge < -0.3 is 15.4 Å². The molecule has 38 heavy (non-hydrogen) atoms. The number of aryl methyl sites for hydroxylation is 2. The Morgan fingerprint density at radius 2 is 1.92 bits per heavy atom. The molecular weight excluding hydrogens is 499 g/mol. The van der Waals surface area contributed by atoms with Crippen molar-refractivity contribution in [3.63, 3.8) is 0 Å². The lowest BCUT2D eigenvalue weighted by Gasteiger charge is -2.35. The zero-order valence-electron chi connectivity index (χ0n) is 21.7. The molecule has 206 valence electrons. The molecule has 11 heteroatoms. The first-order valence-electron chi connectivity index (χ1n) is 13.2. The van der Waals surface area contributed by atoms with E-state index in [2.05, 4.69) is 32.7 Å². The Labute approximate surface area is 220 Å². The quantitative estimate of drug-likeness (QED) is 0.428. The molecule has 1 aliphatic carbocycles. The SMILES string of the molecule is CC(C)COC(=O)CC(NC(=O)C1CC(CCc2ccc3c(n2)NCCC3)C1)c1cnc(C(F)(F)F)nc1. The van der Waals surface area contributed by atoms with E-state index in [1.54, 1.807) is 0 Å². The van der Waals surface area contributed by atoms with Gasteiger partial charge in [0.15, 0.2) is 0 Å². The summed E-state index contributed by atoms with van der Waals surface area (Å²) in [6, 6.07) is 3.33. The van der Waals surface area contributed by atoms with E-state index in [1.807, 2.05) is 13.8 Å². The van der Waals surface area contributed by atoms with E-state index in [-0.39, 0.29) is 36.3 Å². The summed E-state index contributed by atoms with van der Waals surface area (Å²) in [5.41, 5.74) is 2.51. The van der Waals surface area contributed by atoms with Crippen LogP contribution in [0.25, 0.3) is 0 Å². The number of esters is 1. The lowest BCUT2D eigenvalue weighted by atomic mass is 9.72. The lowest BCUT2D eigenvalue weighted by Crippen LogP contribution is -2.41. The molecule has 1 unspecified atom stereocenters. The first-order valence-corrected chi connectivity index (χ1v) is 13.2. The molecule has 2 aliphatic rings. The number of alkyl halides is 3. The molecule has 2 aromatic rings. The third-order valence-electron chi connectivity index (χ3n) is 6.96. The molecule has 8 nitrogen and oxygen atoms in total. The van der Waals surface area contributed by atoms with Gasteiger partial charge in [0.1, 0.15) is 5.82 Å². The number of aromatic nitrogens is 3. The number of fused-ring (bicyclic) bond motifs is 1. The molecule has 1 amide bonds. The zero-order valence-corrected chi connectivity index (χ0v) is 21.7. The second kappa shape index (κ2) is 12.1. The Bertz CT molecular complexity index is 1120. The van der Waals surface area contributed by atoms with Crippen molar-refractivity contribution in [3.05, 3.63) is 47.2 Å². The van der Waals surface area contributed by atoms with Crippen molar-refractivity contribution >= 4 is 17.7 Å². The minimum atomic E-state index is -4.68. The number of hydrogen-bond donors (Lipinski definition) is 2. The molecule has 1 saturated carbocycles. The fourth-order valence-electron chi connectivity index (χ4n) is 4.74. The van der Waals surface area contributed by atoms with E-state index >= 15 is 0 Å². The summed E-state index contributed by atoms with van der Waals surface area (Å²) in [5.74, 6) is -0.796. The van der Waals surface area contributed by atoms with E-state index in [0.29, 0.717) is 18.8 Å². The maximum atomic E-state index is 13.0. The molecule has 2 N–H and O–H groups in total. The van der Waals surface area contributed by atoms with Gasteiger partial charge in [-0.25, -0.2) is 15.0 Å². The number of ether oxygens (including phenoxy) is 1. The third-order valence-corrected chi connectivity index (χ3v) is 6.96. The van der Waals surface area contributed by atoms with E-state index in [1.165, 1.54) is 5.56 Å². The fraction of sp³-hybridized carbons (Fsp3) is 0.593. The molecule has 1 atom stereocenters. The molecule has 0 spiro atoms. The van der Waals surface area contributed by atoms with Crippen molar-refractivity contribution in [2.24, 2.45) is 17.8 Å². The highest BCUT2D eigenvalue weighted by Gasteiger charge is 2.37. The highest BCUT2D eigenvalue weighted by Crippen LogP contribution is 2.38. The highest BCUT2D eigenvalue weighted by molar-refractivity contribution is 5.81. The van der Waals surface area contributed by atoms with Gasteiger partial charge in [-0.3, -0.25) is 9.59 Å². The molecule has 2 aromatic heterocycles. The average molecular weight is 534 g/mol. The monoisotopic (exact) mass is 533 g/mol. The number of nitrogens with zero attached hydrogens (tertiary/aromatic N) is 3. The van der Waals surface area contributed by atoms with Crippen LogP contribution in [0.5, 0.6) is 0 Å². The topological polar surface area (TPSA) is 106 Å². The van der Waals surface area contributed by atoms with Crippen LogP contribution < -0.4 is 10.6 Å². The number of rotatable bonds is 10. The lowest BCUT2D eigenvalue weighted by molar-refractivity contribution is -0.146. The summed E-state index contributed by atoms with van der Waals surface area (Å²) in [5, 5.41) is 6.17. The number of carbonyl (C=O) groups excluding carboxylic acids is 2. The van der Waals surface area contributed by atoms with Gasteiger partial charge in [-0.2, -0.15) is 13.2 Å². The van der Waals surface area contributed by atoms with Crippen LogP contribution >= 0.6 is 0 Å². The van der Waals surface area contributed by atoms with E-state index in [9.17, 15) is 22.8 Å². The Kier molecular flexibility index (Phi) is 8.83. The van der Waals surface area contributed by atoms with Crippen molar-refractivity contribution in [2.75, 3.05) is 18.5 Å². The van der Waals surface area contributed by atoms with Gasteiger partial charge in [0.05, 0.1) is 19.1 Å². The number of halogens is 3. The summed E-state index contributed by atoms with van der Waals surface area (Å²) in [6.07, 6.45) is 2.44. The second-order valence-electron chi connectivity index (χ2n) is 10.6. The van der Waals surface area contributed by atoms with Crippen LogP contribution in [-0.2, 0) is 33.3 Å². The first kappa shape index (κ1) is 27.8. The maximum Gasteiger partial charge on any atom is 0.451 e. The fourth-order valence-corrected chi connectivity index (χ4v) is 4.74. The van der Waals surface area contributed by atoms with Crippen molar-refractivity contribution in [3.8, 4) is 0 Å². The smallest absolute Gasteiger partial charge is 0.451 e. The van der Waals surface area contributed by atoms with Crippen molar-refractivity contribution in [1.29, 1.82) is 0 Å². The summed E-state index contributed by atoms with van der Waals surface area (Å²) in [7, 11) is 0. The van der Waals surface area contributed by atoms with Crippen molar-refractivity contribution in [2.45, 2.75) is 71.0 Å². The second-order valence-corrected chi connectivity index (χ2v) is 10.6. The van der Waals surface area contributed by atoms with Gasteiger partial charge in [-0.15, -0.1) is 0 Å². The number of hydrogen-bond acceptors (Lipinski definition) is 7. The van der Waals surface area contributed by atoms with Gasteiger partial charge in [0.2, 0.25) is 11.7 Å². The predicted octanol–water partition coefficient (Wildman–Crippen LogP) is 4.65. The van der Waals surface area contributed by atoms with Crippen molar-refractivity contribution in [1.82, 2.24) is 20.3 Å². The molecule has 0 saturated heterocycles. The molecule has 3 heterocycles. The highest BCUT2D eigenvalue weighted by atomic mass is 19.4. The Morgan fingerprint density at radius 3 is 2.61 bits per heavy atom. The number of nitrogens with one attached hydrogen (secondary N) is 2. The van der Waals surface area contributed by atoms with Gasteiger partial charge in [0.25, 0.3) is 0 Å². The van der Waals surface area contributed by atoms with Crippen LogP contribution in [0.3, 0.4) is 0 Å². The van der Waals surface area contributed by atoms with Gasteiger partial charge >= 0.3 is 12.1 Å². The molecular formula is C27H34F3N5O3. The van der Waals surface area contributed by atoms with Crippen LogP contribution in [0, 0.1) is 17.8 Å². The number of pyridine rings is 1. The van der Waals surface area contributed by atoms with Gasteiger partial charge in [0, 0.05) is 36.1 Å². The Hall–Kier alpha value is -3.24. The third kappa shape index (κ3) is 7.41. The number of amides is 1. The van der Waals surface area contributed by atoms with Crippen LogP contribution in [0.2, 0.25) is 0 Å². The van der Waals surface area contributed by atoms with E-state index in [4.69, 9.17) is 9.72 Å².